The van der Waals surface area contributed by atoms with Crippen LogP contribution in [0.3, 0.4) is 0 Å². The Hall–Kier alpha value is -13.2. The molecule has 0 spiro atoms. The number of carbonyl (C=O) groups excluding carboxylic acids is 11. The third-order valence-electron chi connectivity index (χ3n) is 17.0. The van der Waals surface area contributed by atoms with E-state index in [-0.39, 0.29) is 49.8 Å². The molecule has 2 aromatic heterocycles. The van der Waals surface area contributed by atoms with Crippen LogP contribution < -0.4 is 62.5 Å². The second-order valence-electron chi connectivity index (χ2n) is 23.3. The van der Waals surface area contributed by atoms with Crippen molar-refractivity contribution in [2.75, 3.05) is 46.7 Å². The number of aromatic nitrogens is 3. The van der Waals surface area contributed by atoms with Gasteiger partial charge in [0.05, 0.1) is 57.7 Å². The molecule has 7 aromatic rings. The van der Waals surface area contributed by atoms with Crippen LogP contribution in [-0.2, 0) is 44.4 Å². The number of amides is 15. The van der Waals surface area contributed by atoms with Crippen LogP contribution in [0.1, 0.15) is 82.6 Å². The van der Waals surface area contributed by atoms with E-state index in [4.69, 9.17) is 19.9 Å². The molecule has 29 nitrogen and oxygen atoms in total. The van der Waals surface area contributed by atoms with E-state index >= 15 is 0 Å². The van der Waals surface area contributed by atoms with Gasteiger partial charge in [0.2, 0.25) is 16.6 Å². The molecular weight excluding hydrogens is 1250 g/mol. The van der Waals surface area contributed by atoms with Crippen LogP contribution in [0, 0.1) is 42.4 Å². The van der Waals surface area contributed by atoms with Gasteiger partial charge in [-0.25, -0.2) is 24.2 Å². The molecule has 4 saturated heterocycles. The fourth-order valence-corrected chi connectivity index (χ4v) is 11.7. The number of fused-ring (bicyclic) bond motifs is 4. The number of pyridine rings is 1. The number of nitrogen functional groups attached to an aromatic ring is 1. The fourth-order valence-electron chi connectivity index (χ4n) is 11.7. The topological polar surface area (TPSA) is 389 Å². The Morgan fingerprint density at radius 2 is 0.907 bits per heavy atom. The zero-order valence-electron chi connectivity index (χ0n) is 52.2. The highest BCUT2D eigenvalue weighted by atomic mass is 16.5. The lowest BCUT2D eigenvalue weighted by atomic mass is 9.91. The number of imide groups is 4. The number of imidazole rings is 1. The molecular formula is C68H57N15O14. The van der Waals surface area contributed by atoms with E-state index in [1.165, 1.54) is 36.0 Å². The van der Waals surface area contributed by atoms with E-state index in [0.717, 1.165) is 16.7 Å². The van der Waals surface area contributed by atoms with Crippen LogP contribution in [0.4, 0.5) is 25.1 Å². The predicted octanol–water partition coefficient (Wildman–Crippen LogP) is 2.06. The molecule has 0 aliphatic carbocycles. The number of anilines is 1. The van der Waals surface area contributed by atoms with Crippen molar-refractivity contribution in [1.82, 2.24) is 72.2 Å². The van der Waals surface area contributed by atoms with Crippen molar-refractivity contribution in [3.63, 3.8) is 0 Å². The molecule has 97 heavy (non-hydrogen) atoms. The van der Waals surface area contributed by atoms with Crippen molar-refractivity contribution in [3.05, 3.63) is 177 Å². The van der Waals surface area contributed by atoms with Gasteiger partial charge in [0.15, 0.2) is 5.95 Å². The summed E-state index contributed by atoms with van der Waals surface area (Å²) in [6.07, 6.45) is 1.65. The Morgan fingerprint density at radius 3 is 1.31 bits per heavy atom. The number of hydrogen-bond acceptors (Lipinski definition) is 17. The van der Waals surface area contributed by atoms with Crippen molar-refractivity contribution in [2.45, 2.75) is 55.6 Å². The minimum atomic E-state index is -1.65. The highest BCUT2D eigenvalue weighted by Crippen LogP contribution is 2.33. The van der Waals surface area contributed by atoms with E-state index in [1.54, 1.807) is 117 Å². The zero-order valence-corrected chi connectivity index (χ0v) is 52.2. The van der Waals surface area contributed by atoms with Crippen molar-refractivity contribution in [3.8, 4) is 52.8 Å². The van der Waals surface area contributed by atoms with Gasteiger partial charge >= 0.3 is 24.1 Å². The third-order valence-corrected chi connectivity index (χ3v) is 17.0. The Kier molecular flexibility index (Phi) is 16.5. The number of aromatic amines is 1. The van der Waals surface area contributed by atoms with Crippen molar-refractivity contribution < 1.29 is 67.0 Å². The van der Waals surface area contributed by atoms with Crippen LogP contribution in [0.5, 0.6) is 17.2 Å². The number of carbonyl (C=O) groups is 11. The Balaban J connectivity index is 0.000000140. The Bertz CT molecular complexity index is 4820. The summed E-state index contributed by atoms with van der Waals surface area (Å²) in [6.45, 7) is 3.92. The maximum Gasteiger partial charge on any atom is 0.323 e. The van der Waals surface area contributed by atoms with Gasteiger partial charge in [-0.1, -0.05) is 65.9 Å². The quantitative estimate of drug-likeness (QED) is 0.0692. The number of benzene rings is 5. The number of ether oxygens (including phenoxy) is 3. The summed E-state index contributed by atoms with van der Waals surface area (Å²) in [7, 11) is 4.56. The van der Waals surface area contributed by atoms with Crippen LogP contribution in [0.15, 0.2) is 115 Å². The van der Waals surface area contributed by atoms with Crippen molar-refractivity contribution in [1.29, 1.82) is 0 Å². The molecule has 488 valence electrons. The first-order valence-corrected chi connectivity index (χ1v) is 29.7. The van der Waals surface area contributed by atoms with Crippen LogP contribution in [-0.4, -0.2) is 153 Å². The minimum absolute atomic E-state index is 0.0767. The number of aryl methyl sites for hydroxylation is 1. The van der Waals surface area contributed by atoms with Crippen LogP contribution in [0.2, 0.25) is 0 Å². The fraction of sp³-hybridized carbons (Fsp3) is 0.221. The summed E-state index contributed by atoms with van der Waals surface area (Å²) in [5.74, 6) is 16.2. The van der Waals surface area contributed by atoms with Gasteiger partial charge in [-0.05, 0) is 115 Å². The zero-order chi connectivity index (χ0) is 68.7. The average molecular weight is 1310 g/mol. The van der Waals surface area contributed by atoms with E-state index in [1.807, 2.05) is 12.1 Å². The first-order chi connectivity index (χ1) is 46.4. The number of nitrogens with one attached hydrogen (secondary N) is 9. The molecule has 1 unspecified atom stereocenters. The SMILES string of the molecule is COc1ccc2c(c1)C(=O)N(C[C@@]1(C#Cc3ccc(C4(C)NC(=O)NC4=O)cc3)NC(=O)NC1=O)C2.COc1ccc2c(c1)C(=O)N(C[C@@]1(C#Cc3ccc4nc(N)[nH]c4c3)NC(=O)NC1=O)C2.COc1ccc2c(c1)C(=O)N(C[C@@]1(C#Cc3cccnc3C)NC(=O)NC1=O)C2. The molecule has 4 atom stereocenters. The number of nitrogens with two attached hydrogens (primary N) is 1. The number of nitrogens with zero attached hydrogens (tertiary/aromatic N) is 5. The number of methoxy groups -OCH3 is 3. The van der Waals surface area contributed by atoms with E-state index in [2.05, 4.69) is 93.0 Å². The molecule has 29 heteroatoms. The molecule has 0 bridgehead atoms. The van der Waals surface area contributed by atoms with Gasteiger partial charge in [-0.15, -0.1) is 0 Å². The number of urea groups is 4. The second kappa shape index (κ2) is 25.0. The summed E-state index contributed by atoms with van der Waals surface area (Å²) >= 11 is 0. The highest BCUT2D eigenvalue weighted by molar-refractivity contribution is 6.12. The summed E-state index contributed by atoms with van der Waals surface area (Å²) in [4.78, 5) is 152. The average Bonchev–Trinajstić information content (AvgIpc) is 1.64. The summed E-state index contributed by atoms with van der Waals surface area (Å²) in [5, 5.41) is 19.2. The molecule has 7 aliphatic heterocycles. The number of H-pyrrole nitrogens is 1. The van der Waals surface area contributed by atoms with Crippen LogP contribution >= 0.6 is 0 Å². The van der Waals surface area contributed by atoms with Gasteiger partial charge < -0.3 is 60.9 Å². The molecule has 11 N–H and O–H groups in total. The first kappa shape index (κ1) is 63.9. The lowest BCUT2D eigenvalue weighted by Gasteiger charge is -2.26. The molecule has 7 aliphatic rings. The highest BCUT2D eigenvalue weighted by Gasteiger charge is 2.51. The molecule has 4 fully saturated rings. The van der Waals surface area contributed by atoms with E-state index < -0.39 is 69.9 Å². The van der Waals surface area contributed by atoms with E-state index in [9.17, 15) is 52.7 Å². The molecule has 9 heterocycles. The number of hydrogen-bond donors (Lipinski definition) is 10. The van der Waals surface area contributed by atoms with Gasteiger partial charge in [-0.3, -0.25) is 59.8 Å². The maximum absolute atomic E-state index is 13.0. The smallest absolute Gasteiger partial charge is 0.323 e. The summed E-state index contributed by atoms with van der Waals surface area (Å²) < 4.78 is 15.6. The van der Waals surface area contributed by atoms with Gasteiger partial charge in [0.25, 0.3) is 41.4 Å². The summed E-state index contributed by atoms with van der Waals surface area (Å²) in [6, 6.07) is 28.4. The molecule has 5 aromatic carbocycles. The predicted molar refractivity (Wildman–Crippen MR) is 342 cm³/mol. The minimum Gasteiger partial charge on any atom is -0.497 e. The monoisotopic (exact) mass is 1310 g/mol. The van der Waals surface area contributed by atoms with Crippen molar-refractivity contribution >= 4 is 82.5 Å². The van der Waals surface area contributed by atoms with Gasteiger partial charge in [0.1, 0.15) is 22.8 Å². The second-order valence-corrected chi connectivity index (χ2v) is 23.3. The van der Waals surface area contributed by atoms with Gasteiger partial charge in [-0.2, -0.15) is 0 Å². The molecule has 15 amide bonds. The Labute approximate surface area is 551 Å². The number of rotatable bonds is 10. The Morgan fingerprint density at radius 1 is 0.495 bits per heavy atom. The third kappa shape index (κ3) is 12.4. The normalized spacial score (nSPS) is 21.4. The van der Waals surface area contributed by atoms with E-state index in [0.29, 0.717) is 86.0 Å². The standard InChI is InChI=1S/C25H21N5O6.C22H18N6O4.C21H18N4O4/c1-24(20(32)26-22(34)28-24)16-6-3-14(4-7-16)9-10-25(21(33)27-23(35)29-25)13-30-12-15-5-8-17(36-2)11-18(15)19(30)31;1-32-14-4-3-13-10-28(18(29)15(13)9-14)11-22(19(30)26-21(31)27-22)7-6-12-2-5-16-17(8-12)25-20(23)24-16;1-13-14(4-3-9-22-13)7-8-21(19(27)23-20(28)24-21)12-25-11-15-5-6-16(29-2)10-17(15)18(25)26/h3-8,11H,12-13H2,1-2H3,(H2,26,28,32,34)(H2,27,29,33,35);2-5,8-9H,10-11H2,1H3,(H3,23,24,25)(H2,26,27,30,31);3-6,9-10H,11-12H2,1-2H3,(H2,23,24,27,28)/t24?,25-;22-;21-/m111/s1. The molecule has 0 saturated carbocycles. The van der Waals surface area contributed by atoms with Gasteiger partial charge in [0, 0.05) is 59.2 Å². The van der Waals surface area contributed by atoms with Crippen molar-refractivity contribution in [2.24, 2.45) is 0 Å². The lowest BCUT2D eigenvalue weighted by Crippen LogP contribution is -2.54. The lowest BCUT2D eigenvalue weighted by molar-refractivity contribution is -0.124. The largest absolute Gasteiger partial charge is 0.497 e. The molecule has 14 rings (SSSR count). The summed E-state index contributed by atoms with van der Waals surface area (Å²) in [5.41, 5.74) is 7.96. The van der Waals surface area contributed by atoms with Crippen LogP contribution in [0.25, 0.3) is 11.0 Å². The molecule has 0 radical (unpaired) electrons. The maximum atomic E-state index is 13.0. The first-order valence-electron chi connectivity index (χ1n) is 29.7.